The van der Waals surface area contributed by atoms with Gasteiger partial charge in [-0.15, -0.1) is 0 Å². The molecular formula is C14H13N3O. The Balaban J connectivity index is 2.32. The first-order chi connectivity index (χ1) is 8.79. The highest BCUT2D eigenvalue weighted by Crippen LogP contribution is 2.25. The topological polar surface area (TPSA) is 39.9 Å². The van der Waals surface area contributed by atoms with Gasteiger partial charge in [-0.3, -0.25) is 4.57 Å². The van der Waals surface area contributed by atoms with Crippen LogP contribution in [0.2, 0.25) is 0 Å². The van der Waals surface area contributed by atoms with E-state index >= 15 is 0 Å². The summed E-state index contributed by atoms with van der Waals surface area (Å²) in [6, 6.07) is 7.97. The smallest absolute Gasteiger partial charge is 0.146 e. The maximum Gasteiger partial charge on any atom is 0.146 e. The molecule has 0 saturated carbocycles. The van der Waals surface area contributed by atoms with Crippen LogP contribution in [0.3, 0.4) is 0 Å². The van der Waals surface area contributed by atoms with E-state index in [0.29, 0.717) is 0 Å². The second kappa shape index (κ2) is 4.14. The lowest BCUT2D eigenvalue weighted by atomic mass is 10.1. The first-order valence-electron chi connectivity index (χ1n) is 5.72. The molecule has 18 heavy (non-hydrogen) atoms. The van der Waals surface area contributed by atoms with E-state index < -0.39 is 0 Å². The van der Waals surface area contributed by atoms with Gasteiger partial charge in [-0.1, -0.05) is 6.07 Å². The van der Waals surface area contributed by atoms with Gasteiger partial charge in [-0.25, -0.2) is 9.97 Å². The molecule has 0 radical (unpaired) electrons. The largest absolute Gasteiger partial charge is 0.497 e. The van der Waals surface area contributed by atoms with E-state index in [9.17, 15) is 0 Å². The number of aromatic nitrogens is 3. The molecule has 0 aliphatic rings. The van der Waals surface area contributed by atoms with Gasteiger partial charge in [0.25, 0.3) is 0 Å². The number of fused-ring (bicyclic) bond motifs is 1. The van der Waals surface area contributed by atoms with Gasteiger partial charge < -0.3 is 4.74 Å². The molecule has 0 spiro atoms. The fourth-order valence-electron chi connectivity index (χ4n) is 2.05. The summed E-state index contributed by atoms with van der Waals surface area (Å²) in [4.78, 5) is 8.69. The van der Waals surface area contributed by atoms with Crippen molar-refractivity contribution in [2.45, 2.75) is 6.92 Å². The number of aryl methyl sites for hydroxylation is 1. The summed E-state index contributed by atoms with van der Waals surface area (Å²) < 4.78 is 7.25. The molecule has 2 heterocycles. The number of hydrogen-bond acceptors (Lipinski definition) is 3. The Labute approximate surface area is 105 Å². The minimum Gasteiger partial charge on any atom is -0.497 e. The van der Waals surface area contributed by atoms with E-state index in [1.54, 1.807) is 13.3 Å². The van der Waals surface area contributed by atoms with Crippen molar-refractivity contribution in [2.24, 2.45) is 0 Å². The van der Waals surface area contributed by atoms with Crippen LogP contribution in [-0.2, 0) is 0 Å². The van der Waals surface area contributed by atoms with E-state index in [1.165, 1.54) is 0 Å². The SMILES string of the molecule is COc1ccc2ccnc(-n3ccnc3C)c2c1. The van der Waals surface area contributed by atoms with E-state index in [0.717, 1.165) is 28.2 Å². The second-order valence-electron chi connectivity index (χ2n) is 4.07. The third-order valence-corrected chi connectivity index (χ3v) is 3.01. The van der Waals surface area contributed by atoms with Crippen molar-refractivity contribution in [3.8, 4) is 11.6 Å². The second-order valence-corrected chi connectivity index (χ2v) is 4.07. The van der Waals surface area contributed by atoms with Crippen LogP contribution < -0.4 is 4.74 Å². The Morgan fingerprint density at radius 2 is 2.00 bits per heavy atom. The molecule has 0 atom stereocenters. The van der Waals surface area contributed by atoms with Gasteiger partial charge in [-0.05, 0) is 30.5 Å². The third kappa shape index (κ3) is 1.62. The van der Waals surface area contributed by atoms with E-state index in [2.05, 4.69) is 9.97 Å². The number of benzene rings is 1. The summed E-state index contributed by atoms with van der Waals surface area (Å²) in [7, 11) is 1.67. The molecule has 2 aromatic heterocycles. The number of hydrogen-bond donors (Lipinski definition) is 0. The zero-order valence-corrected chi connectivity index (χ0v) is 10.3. The fraction of sp³-hybridized carbons (Fsp3) is 0.143. The molecule has 3 rings (SSSR count). The summed E-state index contributed by atoms with van der Waals surface area (Å²) in [5.41, 5.74) is 0. The molecule has 0 aliphatic carbocycles. The van der Waals surface area contributed by atoms with Gasteiger partial charge >= 0.3 is 0 Å². The zero-order chi connectivity index (χ0) is 12.5. The van der Waals surface area contributed by atoms with Crippen molar-refractivity contribution in [3.63, 3.8) is 0 Å². The number of pyridine rings is 1. The van der Waals surface area contributed by atoms with Crippen molar-refractivity contribution in [1.82, 2.24) is 14.5 Å². The summed E-state index contributed by atoms with van der Waals surface area (Å²) in [5, 5.41) is 2.19. The quantitative estimate of drug-likeness (QED) is 0.690. The first-order valence-corrected chi connectivity index (χ1v) is 5.72. The third-order valence-electron chi connectivity index (χ3n) is 3.01. The van der Waals surface area contributed by atoms with Crippen molar-refractivity contribution in [3.05, 3.63) is 48.7 Å². The van der Waals surface area contributed by atoms with Gasteiger partial charge in [0.1, 0.15) is 17.4 Å². The molecule has 0 amide bonds. The minimum atomic E-state index is 0.828. The average molecular weight is 239 g/mol. The molecular weight excluding hydrogens is 226 g/mol. The molecule has 0 aliphatic heterocycles. The van der Waals surface area contributed by atoms with Crippen molar-refractivity contribution < 1.29 is 4.74 Å². The van der Waals surface area contributed by atoms with Crippen LogP contribution in [0.25, 0.3) is 16.6 Å². The number of imidazole rings is 1. The predicted octanol–water partition coefficient (Wildman–Crippen LogP) is 2.74. The molecule has 4 nitrogen and oxygen atoms in total. The van der Waals surface area contributed by atoms with Crippen molar-refractivity contribution in [1.29, 1.82) is 0 Å². The lowest BCUT2D eigenvalue weighted by Gasteiger charge is -2.09. The summed E-state index contributed by atoms with van der Waals surface area (Å²) in [6.07, 6.45) is 5.50. The van der Waals surface area contributed by atoms with Crippen molar-refractivity contribution in [2.75, 3.05) is 7.11 Å². The van der Waals surface area contributed by atoms with Crippen LogP contribution in [0.1, 0.15) is 5.82 Å². The molecule has 0 saturated heterocycles. The van der Waals surface area contributed by atoms with Crippen LogP contribution in [0.4, 0.5) is 0 Å². The summed E-state index contributed by atoms with van der Waals surface area (Å²) in [6.45, 7) is 1.96. The lowest BCUT2D eigenvalue weighted by molar-refractivity contribution is 0.415. The van der Waals surface area contributed by atoms with Gasteiger partial charge in [0.15, 0.2) is 0 Å². The molecule has 0 N–H and O–H groups in total. The predicted molar refractivity (Wildman–Crippen MR) is 70.2 cm³/mol. The molecule has 90 valence electrons. The normalized spacial score (nSPS) is 10.8. The van der Waals surface area contributed by atoms with Crippen LogP contribution in [0.15, 0.2) is 42.9 Å². The maximum atomic E-state index is 5.27. The van der Waals surface area contributed by atoms with Gasteiger partial charge in [0.2, 0.25) is 0 Å². The van der Waals surface area contributed by atoms with E-state index in [1.807, 2.05) is 48.1 Å². The Morgan fingerprint density at radius 1 is 1.11 bits per heavy atom. The highest BCUT2D eigenvalue weighted by molar-refractivity contribution is 5.89. The van der Waals surface area contributed by atoms with E-state index in [-0.39, 0.29) is 0 Å². The molecule has 4 heteroatoms. The van der Waals surface area contributed by atoms with E-state index in [4.69, 9.17) is 4.74 Å². The standard InChI is InChI=1S/C14H13N3O/c1-10-15-7-8-17(10)14-13-9-12(18-2)4-3-11(13)5-6-16-14/h3-9H,1-2H3. The molecule has 0 unspecified atom stereocenters. The Morgan fingerprint density at radius 3 is 2.72 bits per heavy atom. The minimum absolute atomic E-state index is 0.828. The Bertz CT molecular complexity index is 703. The molecule has 0 bridgehead atoms. The van der Waals surface area contributed by atoms with Gasteiger partial charge in [0, 0.05) is 24.0 Å². The van der Waals surface area contributed by atoms with Crippen LogP contribution in [-0.4, -0.2) is 21.6 Å². The number of ether oxygens (including phenoxy) is 1. The fourth-order valence-corrected chi connectivity index (χ4v) is 2.05. The van der Waals surface area contributed by atoms with Crippen molar-refractivity contribution >= 4 is 10.8 Å². The maximum absolute atomic E-state index is 5.27. The van der Waals surface area contributed by atoms with Crippen LogP contribution >= 0.6 is 0 Å². The lowest BCUT2D eigenvalue weighted by Crippen LogP contribution is -1.99. The van der Waals surface area contributed by atoms with Gasteiger partial charge in [-0.2, -0.15) is 0 Å². The Hall–Kier alpha value is -2.36. The van der Waals surface area contributed by atoms with Crippen LogP contribution in [0.5, 0.6) is 5.75 Å². The summed E-state index contributed by atoms with van der Waals surface area (Å²) in [5.74, 6) is 2.62. The monoisotopic (exact) mass is 239 g/mol. The molecule has 3 aromatic rings. The number of methoxy groups -OCH3 is 1. The Kier molecular flexibility index (Phi) is 2.48. The van der Waals surface area contributed by atoms with Gasteiger partial charge in [0.05, 0.1) is 7.11 Å². The zero-order valence-electron chi connectivity index (χ0n) is 10.3. The van der Waals surface area contributed by atoms with Crippen LogP contribution in [0, 0.1) is 6.92 Å². The number of rotatable bonds is 2. The summed E-state index contributed by atoms with van der Waals surface area (Å²) >= 11 is 0. The first kappa shape index (κ1) is 10.8. The molecule has 0 fully saturated rings. The highest BCUT2D eigenvalue weighted by atomic mass is 16.5. The average Bonchev–Trinajstić information content (AvgIpc) is 2.83. The molecule has 1 aromatic carbocycles. The number of nitrogens with zero attached hydrogens (tertiary/aromatic N) is 3. The highest BCUT2D eigenvalue weighted by Gasteiger charge is 2.07.